The number of pyridine rings is 1. The predicted octanol–water partition coefficient (Wildman–Crippen LogP) is 2.85. The molecule has 1 saturated heterocycles. The van der Waals surface area contributed by atoms with Gasteiger partial charge in [-0.05, 0) is 51.8 Å². The third kappa shape index (κ3) is 5.61. The monoisotopic (exact) mass is 436 g/mol. The van der Waals surface area contributed by atoms with Gasteiger partial charge in [-0.15, -0.1) is 0 Å². The number of methoxy groups -OCH3 is 1. The zero-order valence-electron chi connectivity index (χ0n) is 18.1. The number of aliphatic hydroxyl groups is 2. The van der Waals surface area contributed by atoms with Crippen LogP contribution in [0, 0.1) is 5.82 Å². The molecule has 0 aliphatic carbocycles. The molecule has 0 radical (unpaired) electrons. The maximum Gasteiger partial charge on any atom is 0.407 e. The SMILES string of the molecule is COc1ccc2ccc(F)c([C@@H](O)[C@@H](O)[C@@H]3CC[C@@H](NC(=O)OC(C)(C)C)CO3)c2n1. The van der Waals surface area contributed by atoms with E-state index < -0.39 is 35.8 Å². The molecule has 1 aliphatic rings. The third-order valence-corrected chi connectivity index (χ3v) is 5.06. The van der Waals surface area contributed by atoms with E-state index >= 15 is 0 Å². The van der Waals surface area contributed by atoms with Gasteiger partial charge in [0.2, 0.25) is 5.88 Å². The second-order valence-electron chi connectivity index (χ2n) is 8.61. The Morgan fingerprint density at radius 3 is 2.58 bits per heavy atom. The second-order valence-corrected chi connectivity index (χ2v) is 8.61. The summed E-state index contributed by atoms with van der Waals surface area (Å²) in [6.07, 6.45) is -3.33. The van der Waals surface area contributed by atoms with Crippen molar-refractivity contribution in [3.8, 4) is 5.88 Å². The van der Waals surface area contributed by atoms with Crippen LogP contribution >= 0.6 is 0 Å². The summed E-state index contributed by atoms with van der Waals surface area (Å²) in [7, 11) is 1.44. The van der Waals surface area contributed by atoms with Gasteiger partial charge in [-0.1, -0.05) is 0 Å². The number of benzene rings is 1. The van der Waals surface area contributed by atoms with E-state index in [0.717, 1.165) is 0 Å². The number of nitrogens with one attached hydrogen (secondary N) is 1. The molecular formula is C22H29FN2O6. The average Bonchev–Trinajstić information content (AvgIpc) is 2.71. The topological polar surface area (TPSA) is 110 Å². The van der Waals surface area contributed by atoms with Crippen LogP contribution in [0.2, 0.25) is 0 Å². The predicted molar refractivity (Wildman–Crippen MR) is 111 cm³/mol. The number of alkyl carbamates (subject to hydrolysis) is 1. The van der Waals surface area contributed by atoms with Crippen LogP contribution in [0.3, 0.4) is 0 Å². The Balaban J connectivity index is 1.68. The number of fused-ring (bicyclic) bond motifs is 1. The highest BCUT2D eigenvalue weighted by Crippen LogP contribution is 2.32. The summed E-state index contributed by atoms with van der Waals surface area (Å²) in [6.45, 7) is 5.45. The minimum absolute atomic E-state index is 0.110. The van der Waals surface area contributed by atoms with E-state index in [9.17, 15) is 19.4 Å². The van der Waals surface area contributed by atoms with E-state index in [1.807, 2.05) is 0 Å². The van der Waals surface area contributed by atoms with Crippen molar-refractivity contribution >= 4 is 17.0 Å². The summed E-state index contributed by atoms with van der Waals surface area (Å²) < 4.78 is 30.6. The van der Waals surface area contributed by atoms with Gasteiger partial charge < -0.3 is 29.7 Å². The zero-order chi connectivity index (χ0) is 22.8. The van der Waals surface area contributed by atoms with Crippen molar-refractivity contribution in [2.45, 2.75) is 63.6 Å². The number of hydrogen-bond donors (Lipinski definition) is 3. The number of amides is 1. The molecule has 8 nitrogen and oxygen atoms in total. The number of rotatable bonds is 5. The van der Waals surface area contributed by atoms with Crippen LogP contribution in [0.15, 0.2) is 24.3 Å². The molecule has 0 bridgehead atoms. The highest BCUT2D eigenvalue weighted by Gasteiger charge is 2.35. The van der Waals surface area contributed by atoms with Gasteiger partial charge in [-0.2, -0.15) is 0 Å². The molecule has 1 amide bonds. The molecule has 1 aromatic heterocycles. The van der Waals surface area contributed by atoms with Crippen LogP contribution in [0.4, 0.5) is 9.18 Å². The van der Waals surface area contributed by atoms with Gasteiger partial charge in [-0.3, -0.25) is 0 Å². The summed E-state index contributed by atoms with van der Waals surface area (Å²) in [5, 5.41) is 24.8. The lowest BCUT2D eigenvalue weighted by molar-refractivity contribution is -0.114. The van der Waals surface area contributed by atoms with E-state index in [1.54, 1.807) is 39.0 Å². The van der Waals surface area contributed by atoms with Gasteiger partial charge in [0.25, 0.3) is 0 Å². The smallest absolute Gasteiger partial charge is 0.407 e. The van der Waals surface area contributed by atoms with Gasteiger partial charge in [0, 0.05) is 17.0 Å². The molecule has 1 aliphatic heterocycles. The Hall–Kier alpha value is -2.49. The molecule has 0 saturated carbocycles. The standard InChI is InChI=1S/C22H29FN2O6/c1-22(2,3)31-21(28)24-13-7-9-15(30-11-13)19(26)20(27)17-14(23)8-5-12-6-10-16(29-4)25-18(12)17/h5-6,8,10,13,15,19-20,26-27H,7,9,11H2,1-4H3,(H,24,28)/t13-,15+,19+,20-/m1/s1. The minimum atomic E-state index is -1.55. The summed E-state index contributed by atoms with van der Waals surface area (Å²) in [5.74, 6) is -0.411. The number of aromatic nitrogens is 1. The molecule has 4 atom stereocenters. The fourth-order valence-corrected chi connectivity index (χ4v) is 3.57. The summed E-state index contributed by atoms with van der Waals surface area (Å²) in [6, 6.07) is 5.83. The molecule has 2 heterocycles. The van der Waals surface area contributed by atoms with Crippen molar-refractivity contribution in [2.75, 3.05) is 13.7 Å². The third-order valence-electron chi connectivity index (χ3n) is 5.06. The van der Waals surface area contributed by atoms with Crippen LogP contribution in [-0.4, -0.2) is 58.9 Å². The number of ether oxygens (including phenoxy) is 3. The quantitative estimate of drug-likeness (QED) is 0.661. The molecule has 0 unspecified atom stereocenters. The van der Waals surface area contributed by atoms with Crippen LogP contribution in [-0.2, 0) is 9.47 Å². The lowest BCUT2D eigenvalue weighted by atomic mass is 9.93. The Labute approximate surface area is 180 Å². The molecule has 0 spiro atoms. The second kappa shape index (κ2) is 9.33. The maximum atomic E-state index is 14.6. The van der Waals surface area contributed by atoms with Crippen molar-refractivity contribution in [1.82, 2.24) is 10.3 Å². The first kappa shape index (κ1) is 23.2. The number of carbonyl (C=O) groups is 1. The number of hydrogen-bond acceptors (Lipinski definition) is 7. The highest BCUT2D eigenvalue weighted by atomic mass is 19.1. The summed E-state index contributed by atoms with van der Waals surface area (Å²) >= 11 is 0. The van der Waals surface area contributed by atoms with Gasteiger partial charge >= 0.3 is 6.09 Å². The lowest BCUT2D eigenvalue weighted by Crippen LogP contribution is -2.48. The Morgan fingerprint density at radius 2 is 1.97 bits per heavy atom. The molecule has 2 aromatic rings. The number of nitrogens with zero attached hydrogens (tertiary/aromatic N) is 1. The Kier molecular flexibility index (Phi) is 6.98. The number of carbonyl (C=O) groups excluding carboxylic acids is 1. The van der Waals surface area contributed by atoms with Crippen molar-refractivity contribution in [1.29, 1.82) is 0 Å². The van der Waals surface area contributed by atoms with E-state index in [-0.39, 0.29) is 29.6 Å². The van der Waals surface area contributed by atoms with Crippen LogP contribution in [0.5, 0.6) is 5.88 Å². The molecule has 9 heteroatoms. The fraction of sp³-hybridized carbons (Fsp3) is 0.545. The Bertz CT molecular complexity index is 924. The van der Waals surface area contributed by atoms with Crippen molar-refractivity contribution < 1.29 is 33.6 Å². The number of halogens is 1. The van der Waals surface area contributed by atoms with Gasteiger partial charge in [0.15, 0.2) is 0 Å². The van der Waals surface area contributed by atoms with Gasteiger partial charge in [-0.25, -0.2) is 14.2 Å². The first-order valence-corrected chi connectivity index (χ1v) is 10.2. The van der Waals surface area contributed by atoms with Crippen LogP contribution < -0.4 is 10.1 Å². The van der Waals surface area contributed by atoms with Crippen LogP contribution in [0.1, 0.15) is 45.3 Å². The van der Waals surface area contributed by atoms with Crippen molar-refractivity contribution in [2.24, 2.45) is 0 Å². The molecule has 3 rings (SSSR count). The van der Waals surface area contributed by atoms with E-state index in [0.29, 0.717) is 18.2 Å². The molecule has 31 heavy (non-hydrogen) atoms. The van der Waals surface area contributed by atoms with Gasteiger partial charge in [0.05, 0.1) is 31.4 Å². The molecule has 3 N–H and O–H groups in total. The van der Waals surface area contributed by atoms with E-state index in [2.05, 4.69) is 10.3 Å². The summed E-state index contributed by atoms with van der Waals surface area (Å²) in [5.41, 5.74) is -0.505. The number of aliphatic hydroxyl groups excluding tert-OH is 2. The molecule has 1 aromatic carbocycles. The van der Waals surface area contributed by atoms with Crippen molar-refractivity contribution in [3.63, 3.8) is 0 Å². The van der Waals surface area contributed by atoms with Gasteiger partial charge in [0.1, 0.15) is 23.6 Å². The van der Waals surface area contributed by atoms with E-state index in [4.69, 9.17) is 14.2 Å². The minimum Gasteiger partial charge on any atom is -0.481 e. The average molecular weight is 436 g/mol. The summed E-state index contributed by atoms with van der Waals surface area (Å²) in [4.78, 5) is 16.2. The Morgan fingerprint density at radius 1 is 1.26 bits per heavy atom. The lowest BCUT2D eigenvalue weighted by Gasteiger charge is -2.34. The van der Waals surface area contributed by atoms with Crippen molar-refractivity contribution in [3.05, 3.63) is 35.6 Å². The highest BCUT2D eigenvalue weighted by molar-refractivity contribution is 5.83. The van der Waals surface area contributed by atoms with Crippen LogP contribution in [0.25, 0.3) is 10.9 Å². The first-order chi connectivity index (χ1) is 14.6. The fourth-order valence-electron chi connectivity index (χ4n) is 3.57. The maximum absolute atomic E-state index is 14.6. The molecule has 170 valence electrons. The van der Waals surface area contributed by atoms with E-state index in [1.165, 1.54) is 13.2 Å². The molecular weight excluding hydrogens is 407 g/mol. The first-order valence-electron chi connectivity index (χ1n) is 10.2. The largest absolute Gasteiger partial charge is 0.481 e. The zero-order valence-corrected chi connectivity index (χ0v) is 18.1. The molecule has 1 fully saturated rings. The normalized spacial score (nSPS) is 21.4.